The van der Waals surface area contributed by atoms with Crippen molar-refractivity contribution in [1.29, 1.82) is 0 Å². The first kappa shape index (κ1) is 10.6. The van der Waals surface area contributed by atoms with Gasteiger partial charge < -0.3 is 14.5 Å². The molecule has 1 aliphatic rings. The van der Waals surface area contributed by atoms with Gasteiger partial charge in [-0.3, -0.25) is 0 Å². The minimum atomic E-state index is -0.669. The van der Waals surface area contributed by atoms with Gasteiger partial charge in [0.25, 0.3) is 5.89 Å². The molecule has 1 saturated heterocycles. The molecule has 1 aromatic rings. The number of hydrogen-bond acceptors (Lipinski definition) is 5. The van der Waals surface area contributed by atoms with Gasteiger partial charge in [0.2, 0.25) is 0 Å². The average Bonchev–Trinajstić information content (AvgIpc) is 2.68. The van der Waals surface area contributed by atoms with E-state index in [9.17, 15) is 5.11 Å². The van der Waals surface area contributed by atoms with E-state index in [4.69, 9.17) is 4.52 Å². The van der Waals surface area contributed by atoms with Crippen LogP contribution in [0.4, 0.5) is 0 Å². The third-order valence-electron chi connectivity index (χ3n) is 2.90. The van der Waals surface area contributed by atoms with Gasteiger partial charge in [0.1, 0.15) is 6.10 Å². The van der Waals surface area contributed by atoms with Gasteiger partial charge in [0.15, 0.2) is 5.82 Å². The van der Waals surface area contributed by atoms with Crippen LogP contribution in [0.15, 0.2) is 4.52 Å². The summed E-state index contributed by atoms with van der Waals surface area (Å²) in [7, 11) is 2.12. The molecular weight excluding hydrogens is 194 g/mol. The molecule has 0 saturated carbocycles. The Balaban J connectivity index is 2.03. The average molecular weight is 211 g/mol. The van der Waals surface area contributed by atoms with Gasteiger partial charge in [0, 0.05) is 5.92 Å². The van der Waals surface area contributed by atoms with Gasteiger partial charge in [0.05, 0.1) is 0 Å². The first-order valence-corrected chi connectivity index (χ1v) is 5.37. The molecule has 15 heavy (non-hydrogen) atoms. The summed E-state index contributed by atoms with van der Waals surface area (Å²) in [6, 6.07) is 0. The van der Waals surface area contributed by atoms with Crippen molar-refractivity contribution in [2.24, 2.45) is 0 Å². The molecule has 2 heterocycles. The fraction of sp³-hybridized carbons (Fsp3) is 0.800. The summed E-state index contributed by atoms with van der Waals surface area (Å²) in [5.41, 5.74) is 0. The third kappa shape index (κ3) is 2.35. The first-order valence-electron chi connectivity index (χ1n) is 5.37. The SMILES string of the molecule is CC(O)c1nc(C2CCN(C)CC2)no1. The lowest BCUT2D eigenvalue weighted by Crippen LogP contribution is -2.29. The standard InChI is InChI=1S/C10H17N3O2/c1-7(14)10-11-9(12-15-10)8-3-5-13(2)6-4-8/h7-8,14H,3-6H2,1-2H3. The molecule has 0 amide bonds. The number of aliphatic hydroxyl groups is 1. The Morgan fingerprint density at radius 3 is 2.67 bits per heavy atom. The molecule has 1 aliphatic heterocycles. The second-order valence-corrected chi connectivity index (χ2v) is 4.24. The highest BCUT2D eigenvalue weighted by molar-refractivity contribution is 4.98. The fourth-order valence-electron chi connectivity index (χ4n) is 1.85. The molecule has 5 nitrogen and oxygen atoms in total. The van der Waals surface area contributed by atoms with Crippen molar-refractivity contribution < 1.29 is 9.63 Å². The Hall–Kier alpha value is -0.940. The van der Waals surface area contributed by atoms with Crippen molar-refractivity contribution in [3.63, 3.8) is 0 Å². The number of likely N-dealkylation sites (tertiary alicyclic amines) is 1. The van der Waals surface area contributed by atoms with Crippen molar-refractivity contribution in [2.75, 3.05) is 20.1 Å². The van der Waals surface area contributed by atoms with Crippen molar-refractivity contribution >= 4 is 0 Å². The van der Waals surface area contributed by atoms with Crippen molar-refractivity contribution in [1.82, 2.24) is 15.0 Å². The molecule has 1 atom stereocenters. The number of nitrogens with zero attached hydrogens (tertiary/aromatic N) is 3. The van der Waals surface area contributed by atoms with Crippen LogP contribution in [-0.4, -0.2) is 40.3 Å². The molecule has 84 valence electrons. The lowest BCUT2D eigenvalue weighted by Gasteiger charge is -2.26. The van der Waals surface area contributed by atoms with Crippen LogP contribution in [0.25, 0.3) is 0 Å². The van der Waals surface area contributed by atoms with Gasteiger partial charge in [-0.25, -0.2) is 0 Å². The minimum absolute atomic E-state index is 0.323. The number of aliphatic hydroxyl groups excluding tert-OH is 1. The predicted octanol–water partition coefficient (Wildman–Crippen LogP) is 0.932. The summed E-state index contributed by atoms with van der Waals surface area (Å²) < 4.78 is 4.98. The molecule has 0 aliphatic carbocycles. The van der Waals surface area contributed by atoms with Crippen molar-refractivity contribution in [3.8, 4) is 0 Å². The van der Waals surface area contributed by atoms with Crippen LogP contribution in [-0.2, 0) is 0 Å². The number of aromatic nitrogens is 2. The maximum absolute atomic E-state index is 9.27. The molecule has 1 N–H and O–H groups in total. The van der Waals surface area contributed by atoms with Crippen LogP contribution in [0, 0.1) is 0 Å². The summed E-state index contributed by atoms with van der Waals surface area (Å²) >= 11 is 0. The first-order chi connectivity index (χ1) is 7.16. The van der Waals surface area contributed by atoms with Crippen molar-refractivity contribution in [3.05, 3.63) is 11.7 Å². The fourth-order valence-corrected chi connectivity index (χ4v) is 1.85. The smallest absolute Gasteiger partial charge is 0.255 e. The Bertz CT molecular complexity index is 316. The van der Waals surface area contributed by atoms with E-state index in [0.29, 0.717) is 11.8 Å². The molecule has 0 spiro atoms. The van der Waals surface area contributed by atoms with E-state index in [1.54, 1.807) is 6.92 Å². The van der Waals surface area contributed by atoms with Crippen LogP contribution < -0.4 is 0 Å². The molecule has 0 radical (unpaired) electrons. The maximum Gasteiger partial charge on any atom is 0.255 e. The second kappa shape index (κ2) is 4.28. The molecule has 0 bridgehead atoms. The molecule has 2 rings (SSSR count). The molecule has 1 fully saturated rings. The second-order valence-electron chi connectivity index (χ2n) is 4.24. The quantitative estimate of drug-likeness (QED) is 0.788. The van der Waals surface area contributed by atoms with Crippen LogP contribution in [0.3, 0.4) is 0 Å². The Labute approximate surface area is 89.1 Å². The van der Waals surface area contributed by atoms with E-state index in [1.807, 2.05) is 0 Å². The third-order valence-corrected chi connectivity index (χ3v) is 2.90. The summed E-state index contributed by atoms with van der Waals surface area (Å²) in [5.74, 6) is 1.46. The minimum Gasteiger partial charge on any atom is -0.384 e. The summed E-state index contributed by atoms with van der Waals surface area (Å²) in [5, 5.41) is 13.2. The van der Waals surface area contributed by atoms with Crippen LogP contribution in [0.5, 0.6) is 0 Å². The monoisotopic (exact) mass is 211 g/mol. The zero-order chi connectivity index (χ0) is 10.8. The van der Waals surface area contributed by atoms with E-state index < -0.39 is 6.10 Å². The van der Waals surface area contributed by atoms with Crippen molar-refractivity contribution in [2.45, 2.75) is 31.8 Å². The highest BCUT2D eigenvalue weighted by atomic mass is 16.5. The van der Waals surface area contributed by atoms with E-state index in [1.165, 1.54) is 0 Å². The zero-order valence-electron chi connectivity index (χ0n) is 9.18. The lowest BCUT2D eigenvalue weighted by atomic mass is 9.97. The summed E-state index contributed by atoms with van der Waals surface area (Å²) in [4.78, 5) is 6.51. The van der Waals surface area contributed by atoms with Crippen LogP contribution >= 0.6 is 0 Å². The Morgan fingerprint density at radius 2 is 2.13 bits per heavy atom. The largest absolute Gasteiger partial charge is 0.384 e. The number of rotatable bonds is 2. The van der Waals surface area contributed by atoms with Gasteiger partial charge in [-0.2, -0.15) is 4.98 Å². The highest BCUT2D eigenvalue weighted by Gasteiger charge is 2.23. The predicted molar refractivity (Wildman–Crippen MR) is 54.4 cm³/mol. The zero-order valence-corrected chi connectivity index (χ0v) is 9.18. The normalized spacial score (nSPS) is 21.8. The number of piperidine rings is 1. The van der Waals surface area contributed by atoms with Gasteiger partial charge in [-0.1, -0.05) is 5.16 Å². The summed E-state index contributed by atoms with van der Waals surface area (Å²) in [6.45, 7) is 3.78. The molecule has 0 aromatic carbocycles. The lowest BCUT2D eigenvalue weighted by molar-refractivity contribution is 0.151. The molecular formula is C10H17N3O2. The van der Waals surface area contributed by atoms with Crippen LogP contribution in [0.2, 0.25) is 0 Å². The topological polar surface area (TPSA) is 62.4 Å². The molecule has 1 unspecified atom stereocenters. The van der Waals surface area contributed by atoms with E-state index in [0.717, 1.165) is 31.8 Å². The van der Waals surface area contributed by atoms with Crippen LogP contribution in [0.1, 0.15) is 43.5 Å². The van der Waals surface area contributed by atoms with Gasteiger partial charge in [-0.05, 0) is 39.9 Å². The highest BCUT2D eigenvalue weighted by Crippen LogP contribution is 2.25. The van der Waals surface area contributed by atoms with E-state index >= 15 is 0 Å². The molecule has 5 heteroatoms. The van der Waals surface area contributed by atoms with E-state index in [2.05, 4.69) is 22.1 Å². The summed E-state index contributed by atoms with van der Waals surface area (Å²) in [6.07, 6.45) is 1.46. The van der Waals surface area contributed by atoms with Gasteiger partial charge in [-0.15, -0.1) is 0 Å². The van der Waals surface area contributed by atoms with Gasteiger partial charge >= 0.3 is 0 Å². The van der Waals surface area contributed by atoms with E-state index in [-0.39, 0.29) is 0 Å². The Morgan fingerprint density at radius 1 is 1.47 bits per heavy atom. The Kier molecular flexibility index (Phi) is 3.02. The maximum atomic E-state index is 9.27. The number of hydrogen-bond donors (Lipinski definition) is 1. The molecule has 1 aromatic heterocycles.